The quantitative estimate of drug-likeness (QED) is 0.892. The first-order valence-corrected chi connectivity index (χ1v) is 5.11. The Labute approximate surface area is 94.7 Å². The highest BCUT2D eigenvalue weighted by Crippen LogP contribution is 2.32. The number of carboxylic acid groups (broad SMARTS) is 1. The van der Waals surface area contributed by atoms with E-state index in [0.29, 0.717) is 10.0 Å². The van der Waals surface area contributed by atoms with Gasteiger partial charge in [-0.05, 0) is 40.4 Å². The van der Waals surface area contributed by atoms with Crippen LogP contribution in [-0.2, 0) is 11.2 Å². The van der Waals surface area contributed by atoms with E-state index >= 15 is 0 Å². The van der Waals surface area contributed by atoms with Crippen molar-refractivity contribution >= 4 is 21.9 Å². The van der Waals surface area contributed by atoms with Crippen LogP contribution in [0.15, 0.2) is 10.5 Å². The fourth-order valence-electron chi connectivity index (χ4n) is 1.25. The third-order valence-electron chi connectivity index (χ3n) is 2.04. The minimum Gasteiger partial charge on any atom is -0.504 e. The van der Waals surface area contributed by atoms with Crippen LogP contribution in [0.1, 0.15) is 17.5 Å². The molecule has 0 saturated carbocycles. The average Bonchev–Trinajstić information content (AvgIpc) is 2.18. The van der Waals surface area contributed by atoms with E-state index in [9.17, 15) is 14.3 Å². The van der Waals surface area contributed by atoms with Gasteiger partial charge in [0.1, 0.15) is 0 Å². The molecular formula is C10H10BrFO3. The molecule has 0 aliphatic carbocycles. The Morgan fingerprint density at radius 1 is 1.60 bits per heavy atom. The number of phenolic OH excluding ortho intramolecular Hbond substituents is 1. The van der Waals surface area contributed by atoms with Crippen molar-refractivity contribution in [3.63, 3.8) is 0 Å². The number of phenols is 1. The number of halogens is 2. The number of hydrogen-bond acceptors (Lipinski definition) is 2. The van der Waals surface area contributed by atoms with E-state index in [4.69, 9.17) is 5.11 Å². The molecule has 0 amide bonds. The van der Waals surface area contributed by atoms with Gasteiger partial charge in [0.2, 0.25) is 0 Å². The van der Waals surface area contributed by atoms with Crippen LogP contribution in [0.5, 0.6) is 5.75 Å². The smallest absolute Gasteiger partial charge is 0.303 e. The Morgan fingerprint density at radius 3 is 2.73 bits per heavy atom. The number of rotatable bonds is 3. The maximum Gasteiger partial charge on any atom is 0.303 e. The zero-order valence-electron chi connectivity index (χ0n) is 8.05. The molecule has 82 valence electrons. The summed E-state index contributed by atoms with van der Waals surface area (Å²) in [5.74, 6) is -2.21. The van der Waals surface area contributed by atoms with Crippen LogP contribution in [0.4, 0.5) is 4.39 Å². The highest BCUT2D eigenvalue weighted by molar-refractivity contribution is 9.10. The molecular weight excluding hydrogens is 267 g/mol. The molecule has 0 radical (unpaired) electrons. The minimum atomic E-state index is -0.991. The molecule has 0 aliphatic heterocycles. The molecule has 0 heterocycles. The molecule has 3 nitrogen and oxygen atoms in total. The molecule has 0 unspecified atom stereocenters. The number of benzene rings is 1. The Kier molecular flexibility index (Phi) is 3.68. The lowest BCUT2D eigenvalue weighted by Crippen LogP contribution is -2.00. The van der Waals surface area contributed by atoms with Crippen LogP contribution in [0.3, 0.4) is 0 Å². The van der Waals surface area contributed by atoms with Gasteiger partial charge in [-0.15, -0.1) is 0 Å². The van der Waals surface area contributed by atoms with Gasteiger partial charge in [-0.25, -0.2) is 4.39 Å². The van der Waals surface area contributed by atoms with Gasteiger partial charge < -0.3 is 10.2 Å². The maximum absolute atomic E-state index is 13.4. The van der Waals surface area contributed by atoms with Gasteiger partial charge in [-0.1, -0.05) is 6.07 Å². The summed E-state index contributed by atoms with van der Waals surface area (Å²) >= 11 is 3.04. The summed E-state index contributed by atoms with van der Waals surface area (Å²) in [5.41, 5.74) is 0.893. The Morgan fingerprint density at radius 2 is 2.20 bits per heavy atom. The number of carboxylic acids is 1. The van der Waals surface area contributed by atoms with E-state index in [1.54, 1.807) is 6.92 Å². The first-order valence-electron chi connectivity index (χ1n) is 4.31. The second kappa shape index (κ2) is 4.61. The monoisotopic (exact) mass is 276 g/mol. The summed E-state index contributed by atoms with van der Waals surface area (Å²) in [6, 6.07) is 1.53. The summed E-state index contributed by atoms with van der Waals surface area (Å²) in [6.07, 6.45) is -0.0831. The van der Waals surface area contributed by atoms with Crippen LogP contribution in [-0.4, -0.2) is 16.2 Å². The number of hydrogen-bond donors (Lipinski definition) is 2. The maximum atomic E-state index is 13.4. The first kappa shape index (κ1) is 12.0. The van der Waals surface area contributed by atoms with E-state index in [-0.39, 0.29) is 18.4 Å². The molecule has 0 atom stereocenters. The van der Waals surface area contributed by atoms with Gasteiger partial charge in [-0.3, -0.25) is 4.79 Å². The number of aromatic hydroxyl groups is 1. The average molecular weight is 277 g/mol. The highest BCUT2D eigenvalue weighted by Gasteiger charge is 2.14. The Hall–Kier alpha value is -1.10. The predicted molar refractivity (Wildman–Crippen MR) is 56.5 cm³/mol. The summed E-state index contributed by atoms with van der Waals surface area (Å²) < 4.78 is 13.7. The topological polar surface area (TPSA) is 57.5 Å². The molecule has 5 heteroatoms. The van der Waals surface area contributed by atoms with Gasteiger partial charge >= 0.3 is 5.97 Å². The lowest BCUT2D eigenvalue weighted by Gasteiger charge is -2.08. The predicted octanol–water partition coefficient (Wildman–Crippen LogP) is 2.62. The first-order chi connectivity index (χ1) is 6.93. The van der Waals surface area contributed by atoms with Crippen molar-refractivity contribution in [2.45, 2.75) is 19.8 Å². The Bertz CT molecular complexity index is 404. The highest BCUT2D eigenvalue weighted by atomic mass is 79.9. The van der Waals surface area contributed by atoms with Crippen LogP contribution in [0, 0.1) is 12.7 Å². The van der Waals surface area contributed by atoms with E-state index < -0.39 is 17.5 Å². The molecule has 2 N–H and O–H groups in total. The molecule has 1 aromatic carbocycles. The SMILES string of the molecule is Cc1cc(CCC(=O)O)c(F)c(O)c1Br. The molecule has 0 fully saturated rings. The van der Waals surface area contributed by atoms with E-state index in [2.05, 4.69) is 15.9 Å². The summed E-state index contributed by atoms with van der Waals surface area (Å²) in [6.45, 7) is 1.70. The zero-order valence-corrected chi connectivity index (χ0v) is 9.64. The van der Waals surface area contributed by atoms with Crippen LogP contribution in [0.25, 0.3) is 0 Å². The lowest BCUT2D eigenvalue weighted by atomic mass is 10.1. The van der Waals surface area contributed by atoms with E-state index in [1.165, 1.54) is 6.07 Å². The summed E-state index contributed by atoms with van der Waals surface area (Å²) in [5, 5.41) is 17.8. The molecule has 1 rings (SSSR count). The fraction of sp³-hybridized carbons (Fsp3) is 0.300. The molecule has 0 aliphatic rings. The number of carbonyl (C=O) groups is 1. The van der Waals surface area contributed by atoms with Crippen molar-refractivity contribution in [1.82, 2.24) is 0 Å². The van der Waals surface area contributed by atoms with Gasteiger partial charge in [0, 0.05) is 6.42 Å². The Balaban J connectivity index is 3.04. The third kappa shape index (κ3) is 2.68. The van der Waals surface area contributed by atoms with Crippen molar-refractivity contribution in [2.24, 2.45) is 0 Å². The van der Waals surface area contributed by atoms with Crippen molar-refractivity contribution < 1.29 is 19.4 Å². The van der Waals surface area contributed by atoms with Crippen molar-refractivity contribution in [3.8, 4) is 5.75 Å². The molecule has 15 heavy (non-hydrogen) atoms. The standard InChI is InChI=1S/C10H10BrFO3/c1-5-4-6(2-3-7(13)14)9(12)10(15)8(5)11/h4,15H,2-3H2,1H3,(H,13,14). The molecule has 0 bridgehead atoms. The third-order valence-corrected chi connectivity index (χ3v) is 3.04. The van der Waals surface area contributed by atoms with Crippen LogP contribution < -0.4 is 0 Å². The largest absolute Gasteiger partial charge is 0.504 e. The van der Waals surface area contributed by atoms with E-state index in [1.807, 2.05) is 0 Å². The van der Waals surface area contributed by atoms with Crippen molar-refractivity contribution in [1.29, 1.82) is 0 Å². The minimum absolute atomic E-state index is 0.0723. The van der Waals surface area contributed by atoms with Crippen LogP contribution in [0.2, 0.25) is 0 Å². The zero-order chi connectivity index (χ0) is 11.6. The van der Waals surface area contributed by atoms with Crippen molar-refractivity contribution in [2.75, 3.05) is 0 Å². The van der Waals surface area contributed by atoms with Gasteiger partial charge in [0.25, 0.3) is 0 Å². The van der Waals surface area contributed by atoms with Crippen molar-refractivity contribution in [3.05, 3.63) is 27.5 Å². The van der Waals surface area contributed by atoms with Gasteiger partial charge in [0.15, 0.2) is 11.6 Å². The van der Waals surface area contributed by atoms with Gasteiger partial charge in [-0.2, -0.15) is 0 Å². The number of aryl methyl sites for hydroxylation is 2. The van der Waals surface area contributed by atoms with Gasteiger partial charge in [0.05, 0.1) is 4.47 Å². The molecule has 1 aromatic rings. The molecule has 0 saturated heterocycles. The number of aliphatic carboxylic acids is 1. The molecule has 0 aromatic heterocycles. The second-order valence-corrected chi connectivity index (χ2v) is 4.02. The van der Waals surface area contributed by atoms with Crippen LogP contribution >= 0.6 is 15.9 Å². The fourth-order valence-corrected chi connectivity index (χ4v) is 1.54. The van der Waals surface area contributed by atoms with E-state index in [0.717, 1.165) is 0 Å². The molecule has 0 spiro atoms. The summed E-state index contributed by atoms with van der Waals surface area (Å²) in [7, 11) is 0. The second-order valence-electron chi connectivity index (χ2n) is 3.22. The normalized spacial score (nSPS) is 10.3. The summed E-state index contributed by atoms with van der Waals surface area (Å²) in [4.78, 5) is 10.3. The lowest BCUT2D eigenvalue weighted by molar-refractivity contribution is -0.136.